The van der Waals surface area contributed by atoms with Crippen LogP contribution in [0.1, 0.15) is 40.9 Å². The summed E-state index contributed by atoms with van der Waals surface area (Å²) in [6.45, 7) is 4.55. The average molecular weight is 357 g/mol. The van der Waals surface area contributed by atoms with E-state index in [4.69, 9.17) is 0 Å². The van der Waals surface area contributed by atoms with Gasteiger partial charge in [0, 0.05) is 38.9 Å². The van der Waals surface area contributed by atoms with Crippen LogP contribution in [0.3, 0.4) is 0 Å². The Morgan fingerprint density at radius 3 is 2.69 bits per heavy atom. The number of piperazine rings is 1. The SMILES string of the molecule is CCCCNC(=O)c1nc(C(=O)N2CCN(C=O)CC2)n2ccccc12. The first-order valence-electron chi connectivity index (χ1n) is 8.89. The van der Waals surface area contributed by atoms with Crippen molar-refractivity contribution in [2.45, 2.75) is 19.8 Å². The standard InChI is InChI=1S/C18H23N5O3/c1-2-3-7-19-17(25)15-14-6-4-5-8-23(14)16(20-15)18(26)22-11-9-21(13-24)10-12-22/h4-6,8,13H,2-3,7,9-12H2,1H3,(H,19,25). The zero-order valence-electron chi connectivity index (χ0n) is 14.9. The largest absolute Gasteiger partial charge is 0.351 e. The molecule has 0 bridgehead atoms. The molecule has 1 aliphatic heterocycles. The maximum Gasteiger partial charge on any atom is 0.290 e. The second kappa shape index (κ2) is 7.99. The molecular weight excluding hydrogens is 334 g/mol. The van der Waals surface area contributed by atoms with Crippen molar-refractivity contribution in [3.63, 3.8) is 0 Å². The van der Waals surface area contributed by atoms with E-state index in [-0.39, 0.29) is 23.3 Å². The van der Waals surface area contributed by atoms with Crippen LogP contribution in [0.4, 0.5) is 0 Å². The van der Waals surface area contributed by atoms with Crippen LogP contribution in [0.15, 0.2) is 24.4 Å². The van der Waals surface area contributed by atoms with Gasteiger partial charge in [-0.05, 0) is 18.6 Å². The van der Waals surface area contributed by atoms with Crippen molar-refractivity contribution in [2.24, 2.45) is 0 Å². The van der Waals surface area contributed by atoms with Gasteiger partial charge in [0.15, 0.2) is 5.69 Å². The number of nitrogens with one attached hydrogen (secondary N) is 1. The van der Waals surface area contributed by atoms with Crippen molar-refractivity contribution in [3.05, 3.63) is 35.9 Å². The van der Waals surface area contributed by atoms with Gasteiger partial charge in [-0.2, -0.15) is 0 Å². The molecule has 0 saturated carbocycles. The second-order valence-corrected chi connectivity index (χ2v) is 6.28. The molecule has 0 radical (unpaired) electrons. The van der Waals surface area contributed by atoms with Gasteiger partial charge in [-0.1, -0.05) is 19.4 Å². The number of hydrogen-bond donors (Lipinski definition) is 1. The van der Waals surface area contributed by atoms with Crippen LogP contribution >= 0.6 is 0 Å². The lowest BCUT2D eigenvalue weighted by Gasteiger charge is -2.32. The Kier molecular flexibility index (Phi) is 5.50. The van der Waals surface area contributed by atoms with Crippen molar-refractivity contribution in [3.8, 4) is 0 Å². The number of carbonyl (C=O) groups excluding carboxylic acids is 3. The number of unbranched alkanes of at least 4 members (excludes halogenated alkanes) is 1. The Morgan fingerprint density at radius 1 is 1.23 bits per heavy atom. The minimum absolute atomic E-state index is 0.223. The van der Waals surface area contributed by atoms with E-state index in [0.29, 0.717) is 38.2 Å². The van der Waals surface area contributed by atoms with E-state index in [1.807, 2.05) is 6.07 Å². The van der Waals surface area contributed by atoms with Crippen molar-refractivity contribution in [1.29, 1.82) is 0 Å². The van der Waals surface area contributed by atoms with E-state index in [1.54, 1.807) is 32.5 Å². The number of hydrogen-bond acceptors (Lipinski definition) is 4. The maximum absolute atomic E-state index is 12.9. The molecule has 138 valence electrons. The highest BCUT2D eigenvalue weighted by molar-refractivity contribution is 6.02. The molecule has 0 atom stereocenters. The monoisotopic (exact) mass is 357 g/mol. The minimum atomic E-state index is -0.271. The summed E-state index contributed by atoms with van der Waals surface area (Å²) in [5, 5.41) is 2.85. The Hall–Kier alpha value is -2.90. The molecule has 0 spiro atoms. The van der Waals surface area contributed by atoms with Gasteiger partial charge < -0.3 is 15.1 Å². The van der Waals surface area contributed by atoms with Gasteiger partial charge >= 0.3 is 0 Å². The molecule has 3 amide bonds. The number of pyridine rings is 1. The quantitative estimate of drug-likeness (QED) is 0.611. The summed E-state index contributed by atoms with van der Waals surface area (Å²) in [7, 11) is 0. The normalized spacial score (nSPS) is 14.5. The van der Waals surface area contributed by atoms with Crippen LogP contribution in [0.2, 0.25) is 0 Å². The molecule has 3 rings (SSSR count). The summed E-state index contributed by atoms with van der Waals surface area (Å²) in [6, 6.07) is 5.40. The van der Waals surface area contributed by atoms with Gasteiger partial charge in [-0.25, -0.2) is 4.98 Å². The van der Waals surface area contributed by atoms with Gasteiger partial charge in [0.25, 0.3) is 11.8 Å². The third-order valence-electron chi connectivity index (χ3n) is 4.52. The number of carbonyl (C=O) groups is 3. The summed E-state index contributed by atoms with van der Waals surface area (Å²) in [4.78, 5) is 43.9. The van der Waals surface area contributed by atoms with Gasteiger partial charge in [0.2, 0.25) is 12.2 Å². The van der Waals surface area contributed by atoms with E-state index >= 15 is 0 Å². The van der Waals surface area contributed by atoms with Crippen LogP contribution in [-0.2, 0) is 4.79 Å². The Labute approximate surface area is 151 Å². The van der Waals surface area contributed by atoms with Gasteiger partial charge in [0.05, 0.1) is 5.52 Å². The molecule has 0 aliphatic carbocycles. The molecule has 1 fully saturated rings. The van der Waals surface area contributed by atoms with Crippen molar-refractivity contribution < 1.29 is 14.4 Å². The lowest BCUT2D eigenvalue weighted by Crippen LogP contribution is -2.48. The van der Waals surface area contributed by atoms with Crippen LogP contribution in [0.5, 0.6) is 0 Å². The topological polar surface area (TPSA) is 87.0 Å². The van der Waals surface area contributed by atoms with Crippen molar-refractivity contribution >= 4 is 23.7 Å². The fourth-order valence-electron chi connectivity index (χ4n) is 2.99. The van der Waals surface area contributed by atoms with Crippen LogP contribution in [0, 0.1) is 0 Å². The minimum Gasteiger partial charge on any atom is -0.351 e. The molecule has 1 saturated heterocycles. The number of amides is 3. The van der Waals surface area contributed by atoms with Crippen molar-refractivity contribution in [2.75, 3.05) is 32.7 Å². The van der Waals surface area contributed by atoms with Crippen LogP contribution < -0.4 is 5.32 Å². The lowest BCUT2D eigenvalue weighted by molar-refractivity contribution is -0.119. The maximum atomic E-state index is 12.9. The molecule has 1 N–H and O–H groups in total. The lowest BCUT2D eigenvalue weighted by atomic mass is 10.3. The average Bonchev–Trinajstić information content (AvgIpc) is 3.07. The molecular formula is C18H23N5O3. The molecule has 3 heterocycles. The summed E-state index contributed by atoms with van der Waals surface area (Å²) >= 11 is 0. The fourth-order valence-corrected chi connectivity index (χ4v) is 2.99. The molecule has 1 aliphatic rings. The smallest absolute Gasteiger partial charge is 0.290 e. The van der Waals surface area contributed by atoms with E-state index in [9.17, 15) is 14.4 Å². The van der Waals surface area contributed by atoms with Gasteiger partial charge in [0.1, 0.15) is 0 Å². The van der Waals surface area contributed by atoms with Gasteiger partial charge in [-0.15, -0.1) is 0 Å². The number of fused-ring (bicyclic) bond motifs is 1. The first-order valence-corrected chi connectivity index (χ1v) is 8.89. The van der Waals surface area contributed by atoms with E-state index in [2.05, 4.69) is 17.2 Å². The zero-order valence-corrected chi connectivity index (χ0v) is 14.9. The van der Waals surface area contributed by atoms with Crippen LogP contribution in [0.25, 0.3) is 5.52 Å². The zero-order chi connectivity index (χ0) is 18.5. The highest BCUT2D eigenvalue weighted by Crippen LogP contribution is 2.16. The highest BCUT2D eigenvalue weighted by Gasteiger charge is 2.27. The molecule has 8 nitrogen and oxygen atoms in total. The second-order valence-electron chi connectivity index (χ2n) is 6.28. The molecule has 8 heteroatoms. The summed E-state index contributed by atoms with van der Waals surface area (Å²) < 4.78 is 1.66. The van der Waals surface area contributed by atoms with Crippen LogP contribution in [-0.4, -0.2) is 70.1 Å². The van der Waals surface area contributed by atoms with Crippen molar-refractivity contribution in [1.82, 2.24) is 24.5 Å². The molecule has 2 aromatic rings. The van der Waals surface area contributed by atoms with Gasteiger partial charge in [-0.3, -0.25) is 18.8 Å². The van der Waals surface area contributed by atoms with E-state index in [1.165, 1.54) is 0 Å². The number of aromatic nitrogens is 2. The highest BCUT2D eigenvalue weighted by atomic mass is 16.2. The van der Waals surface area contributed by atoms with E-state index < -0.39 is 0 Å². The number of imidazole rings is 1. The predicted molar refractivity (Wildman–Crippen MR) is 96.0 cm³/mol. The number of rotatable bonds is 6. The first-order chi connectivity index (χ1) is 12.7. The molecule has 0 unspecified atom stereocenters. The predicted octanol–water partition coefficient (Wildman–Crippen LogP) is 0.778. The third kappa shape index (κ3) is 3.54. The fraction of sp³-hybridized carbons (Fsp3) is 0.444. The Morgan fingerprint density at radius 2 is 2.00 bits per heavy atom. The summed E-state index contributed by atoms with van der Waals surface area (Å²) in [5.41, 5.74) is 0.868. The molecule has 2 aromatic heterocycles. The summed E-state index contributed by atoms with van der Waals surface area (Å²) in [5.74, 6) is -0.280. The molecule has 0 aromatic carbocycles. The third-order valence-corrected chi connectivity index (χ3v) is 4.52. The Bertz CT molecular complexity index is 808. The van der Waals surface area contributed by atoms with E-state index in [0.717, 1.165) is 19.3 Å². The summed E-state index contributed by atoms with van der Waals surface area (Å²) in [6.07, 6.45) is 4.41. The molecule has 26 heavy (non-hydrogen) atoms. The Balaban J connectivity index is 1.85. The first kappa shape index (κ1) is 17.9. The number of nitrogens with zero attached hydrogens (tertiary/aromatic N) is 4.